The molecule has 0 saturated carbocycles. The maximum Gasteiger partial charge on any atom is 0.250 e. The van der Waals surface area contributed by atoms with Crippen molar-refractivity contribution in [2.75, 3.05) is 26.8 Å². The summed E-state index contributed by atoms with van der Waals surface area (Å²) in [7, 11) is 1.65. The van der Waals surface area contributed by atoms with E-state index in [-0.39, 0.29) is 11.9 Å². The molecule has 1 aromatic rings. The van der Waals surface area contributed by atoms with Crippen molar-refractivity contribution in [2.45, 2.75) is 38.3 Å². The summed E-state index contributed by atoms with van der Waals surface area (Å²) >= 11 is 0. The molecule has 2 unspecified atom stereocenters. The lowest BCUT2D eigenvalue weighted by Crippen LogP contribution is -2.48. The van der Waals surface area contributed by atoms with Crippen LogP contribution in [0.25, 0.3) is 0 Å². The summed E-state index contributed by atoms with van der Waals surface area (Å²) in [4.78, 5) is 12.4. The van der Waals surface area contributed by atoms with Crippen molar-refractivity contribution in [3.8, 4) is 5.75 Å². The molecule has 1 saturated heterocycles. The van der Waals surface area contributed by atoms with E-state index in [1.54, 1.807) is 7.11 Å². The van der Waals surface area contributed by atoms with Crippen molar-refractivity contribution in [3.05, 3.63) is 29.8 Å². The predicted molar refractivity (Wildman–Crippen MR) is 86.0 cm³/mol. The predicted octanol–water partition coefficient (Wildman–Crippen LogP) is 2.03. The molecule has 2 N–H and O–H groups in total. The molecule has 122 valence electrons. The monoisotopic (exact) mass is 306 g/mol. The molecule has 1 amide bonds. The topological polar surface area (TPSA) is 59.6 Å². The number of unbranched alkanes of at least 4 members (excludes halogenated alkanes) is 1. The minimum absolute atomic E-state index is 0.0175. The summed E-state index contributed by atoms with van der Waals surface area (Å²) in [6, 6.07) is 7.90. The number of benzene rings is 1. The van der Waals surface area contributed by atoms with Crippen molar-refractivity contribution in [2.24, 2.45) is 0 Å². The summed E-state index contributed by atoms with van der Waals surface area (Å²) in [6.07, 6.45) is 2.70. The highest BCUT2D eigenvalue weighted by atomic mass is 16.5. The average molecular weight is 306 g/mol. The third kappa shape index (κ3) is 4.71. The maximum absolute atomic E-state index is 12.4. The minimum atomic E-state index is -0.392. The number of amides is 1. The fraction of sp³-hybridized carbons (Fsp3) is 0.588. The van der Waals surface area contributed by atoms with E-state index in [0.29, 0.717) is 13.2 Å². The van der Waals surface area contributed by atoms with E-state index in [4.69, 9.17) is 9.47 Å². The van der Waals surface area contributed by atoms with Crippen molar-refractivity contribution in [1.29, 1.82) is 0 Å². The van der Waals surface area contributed by atoms with Gasteiger partial charge in [-0.25, -0.2) is 0 Å². The van der Waals surface area contributed by atoms with E-state index >= 15 is 0 Å². The third-order valence-electron chi connectivity index (χ3n) is 3.90. The van der Waals surface area contributed by atoms with Crippen molar-refractivity contribution in [1.82, 2.24) is 10.6 Å². The van der Waals surface area contributed by atoms with Crippen molar-refractivity contribution in [3.63, 3.8) is 0 Å². The molecular formula is C17H26N2O3. The van der Waals surface area contributed by atoms with Gasteiger partial charge in [0.2, 0.25) is 0 Å². The number of carbonyl (C=O) groups excluding carboxylic acids is 1. The Morgan fingerprint density at radius 3 is 2.82 bits per heavy atom. The van der Waals surface area contributed by atoms with Crippen LogP contribution in [-0.4, -0.2) is 38.8 Å². The SMILES string of the molecule is CCCCC(NC(=O)C1CNCCO1)c1ccc(OC)cc1. The van der Waals surface area contributed by atoms with E-state index in [0.717, 1.165) is 37.1 Å². The average Bonchev–Trinajstić information content (AvgIpc) is 2.59. The normalized spacial score (nSPS) is 19.5. The van der Waals surface area contributed by atoms with Gasteiger partial charge in [-0.15, -0.1) is 0 Å². The zero-order chi connectivity index (χ0) is 15.8. The molecule has 2 atom stereocenters. The molecule has 0 radical (unpaired) electrons. The van der Waals surface area contributed by atoms with E-state index < -0.39 is 6.10 Å². The van der Waals surface area contributed by atoms with Gasteiger partial charge >= 0.3 is 0 Å². The number of nitrogens with one attached hydrogen (secondary N) is 2. The van der Waals surface area contributed by atoms with Gasteiger partial charge in [-0.05, 0) is 24.1 Å². The van der Waals surface area contributed by atoms with Gasteiger partial charge in [0.25, 0.3) is 5.91 Å². The van der Waals surface area contributed by atoms with Crippen LogP contribution in [0.5, 0.6) is 5.75 Å². The zero-order valence-electron chi connectivity index (χ0n) is 13.4. The quantitative estimate of drug-likeness (QED) is 0.809. The molecule has 22 heavy (non-hydrogen) atoms. The largest absolute Gasteiger partial charge is 0.497 e. The molecule has 5 nitrogen and oxygen atoms in total. The highest BCUT2D eigenvalue weighted by Crippen LogP contribution is 2.22. The van der Waals surface area contributed by atoms with Crippen LogP contribution in [0.1, 0.15) is 37.8 Å². The van der Waals surface area contributed by atoms with Crippen LogP contribution < -0.4 is 15.4 Å². The van der Waals surface area contributed by atoms with Crippen LogP contribution in [0.4, 0.5) is 0 Å². The number of rotatable bonds is 7. The summed E-state index contributed by atoms with van der Waals surface area (Å²) < 4.78 is 10.7. The Morgan fingerprint density at radius 1 is 1.45 bits per heavy atom. The number of carbonyl (C=O) groups is 1. The van der Waals surface area contributed by atoms with Crippen LogP contribution >= 0.6 is 0 Å². The number of methoxy groups -OCH3 is 1. The van der Waals surface area contributed by atoms with Gasteiger partial charge in [-0.1, -0.05) is 31.9 Å². The van der Waals surface area contributed by atoms with Gasteiger partial charge in [0, 0.05) is 13.1 Å². The second-order valence-corrected chi connectivity index (χ2v) is 5.54. The van der Waals surface area contributed by atoms with E-state index in [1.807, 2.05) is 24.3 Å². The van der Waals surface area contributed by atoms with E-state index in [9.17, 15) is 4.79 Å². The van der Waals surface area contributed by atoms with Crippen LogP contribution in [0.2, 0.25) is 0 Å². The summed E-state index contributed by atoms with van der Waals surface area (Å²) in [5.41, 5.74) is 1.10. The fourth-order valence-corrected chi connectivity index (χ4v) is 2.57. The Bertz CT molecular complexity index is 455. The standard InChI is InChI=1S/C17H26N2O3/c1-3-4-5-15(13-6-8-14(21-2)9-7-13)19-17(20)16-12-18-10-11-22-16/h6-9,15-16,18H,3-5,10-12H2,1-2H3,(H,19,20). The second kappa shape index (κ2) is 8.76. The van der Waals surface area contributed by atoms with Gasteiger partial charge in [0.1, 0.15) is 11.9 Å². The van der Waals surface area contributed by atoms with Crippen LogP contribution in [-0.2, 0) is 9.53 Å². The van der Waals surface area contributed by atoms with Gasteiger partial charge in [-0.2, -0.15) is 0 Å². The Kier molecular flexibility index (Phi) is 6.68. The Balaban J connectivity index is 2.02. The Labute approximate surface area is 132 Å². The molecular weight excluding hydrogens is 280 g/mol. The van der Waals surface area contributed by atoms with Crippen LogP contribution in [0, 0.1) is 0 Å². The molecule has 2 rings (SSSR count). The lowest BCUT2D eigenvalue weighted by molar-refractivity contribution is -0.135. The third-order valence-corrected chi connectivity index (χ3v) is 3.90. The molecule has 0 aromatic heterocycles. The molecule has 0 spiro atoms. The molecule has 1 aliphatic rings. The van der Waals surface area contributed by atoms with Crippen LogP contribution in [0.3, 0.4) is 0 Å². The van der Waals surface area contributed by atoms with E-state index in [2.05, 4.69) is 17.6 Å². The lowest BCUT2D eigenvalue weighted by Gasteiger charge is -2.26. The van der Waals surface area contributed by atoms with Crippen molar-refractivity contribution < 1.29 is 14.3 Å². The summed E-state index contributed by atoms with van der Waals surface area (Å²) in [5.74, 6) is 0.785. The number of hydrogen-bond donors (Lipinski definition) is 2. The highest BCUT2D eigenvalue weighted by molar-refractivity contribution is 5.81. The molecule has 1 aliphatic heterocycles. The number of ether oxygens (including phenoxy) is 2. The molecule has 0 bridgehead atoms. The zero-order valence-corrected chi connectivity index (χ0v) is 13.4. The first kappa shape index (κ1) is 16.8. The molecule has 1 heterocycles. The highest BCUT2D eigenvalue weighted by Gasteiger charge is 2.24. The first-order valence-corrected chi connectivity index (χ1v) is 8.01. The van der Waals surface area contributed by atoms with E-state index in [1.165, 1.54) is 0 Å². The van der Waals surface area contributed by atoms with Gasteiger partial charge < -0.3 is 20.1 Å². The lowest BCUT2D eigenvalue weighted by atomic mass is 10.0. The minimum Gasteiger partial charge on any atom is -0.497 e. The van der Waals surface area contributed by atoms with Gasteiger partial charge in [-0.3, -0.25) is 4.79 Å². The summed E-state index contributed by atoms with van der Waals surface area (Å²) in [6.45, 7) is 4.12. The van der Waals surface area contributed by atoms with Gasteiger partial charge in [0.15, 0.2) is 0 Å². The Morgan fingerprint density at radius 2 is 2.23 bits per heavy atom. The van der Waals surface area contributed by atoms with Crippen LogP contribution in [0.15, 0.2) is 24.3 Å². The molecule has 0 aliphatic carbocycles. The molecule has 1 fully saturated rings. The number of morpholine rings is 1. The maximum atomic E-state index is 12.4. The first-order chi connectivity index (χ1) is 10.7. The van der Waals surface area contributed by atoms with Gasteiger partial charge in [0.05, 0.1) is 19.8 Å². The second-order valence-electron chi connectivity index (χ2n) is 5.54. The molecule has 1 aromatic carbocycles. The Hall–Kier alpha value is -1.59. The molecule has 5 heteroatoms. The van der Waals surface area contributed by atoms with Crippen molar-refractivity contribution >= 4 is 5.91 Å². The first-order valence-electron chi connectivity index (χ1n) is 8.01. The smallest absolute Gasteiger partial charge is 0.250 e. The number of hydrogen-bond acceptors (Lipinski definition) is 4. The fourth-order valence-electron chi connectivity index (χ4n) is 2.57. The summed E-state index contributed by atoms with van der Waals surface area (Å²) in [5, 5.41) is 6.32.